The third kappa shape index (κ3) is 1.86. The molecule has 0 radical (unpaired) electrons. The summed E-state index contributed by atoms with van der Waals surface area (Å²) in [6, 6.07) is 4.17. The maximum Gasteiger partial charge on any atom is 0.142 e. The molecule has 0 spiro atoms. The van der Waals surface area contributed by atoms with E-state index in [-0.39, 0.29) is 0 Å². The maximum absolute atomic E-state index is 4.39. The second-order valence-corrected chi connectivity index (χ2v) is 5.32. The molecule has 5 heteroatoms. The Bertz CT molecular complexity index is 670. The average molecular weight is 258 g/mol. The van der Waals surface area contributed by atoms with E-state index in [1.54, 1.807) is 17.7 Å². The Morgan fingerprint density at radius 3 is 3.00 bits per heavy atom. The Labute approximate surface area is 109 Å². The summed E-state index contributed by atoms with van der Waals surface area (Å²) in [6.45, 7) is 3.02. The first-order valence-electron chi connectivity index (χ1n) is 5.78. The van der Waals surface area contributed by atoms with Crippen LogP contribution in [-0.4, -0.2) is 22.0 Å². The highest BCUT2D eigenvalue weighted by atomic mass is 32.1. The fraction of sp³-hybridized carbons (Fsp3) is 0.231. The zero-order chi connectivity index (χ0) is 12.5. The van der Waals surface area contributed by atoms with E-state index in [0.717, 1.165) is 23.4 Å². The summed E-state index contributed by atoms with van der Waals surface area (Å²) in [6.07, 6.45) is 3.50. The lowest BCUT2D eigenvalue weighted by molar-refractivity contribution is 0.909. The van der Waals surface area contributed by atoms with Gasteiger partial charge in [0, 0.05) is 18.1 Å². The van der Waals surface area contributed by atoms with Gasteiger partial charge in [-0.05, 0) is 30.0 Å². The molecule has 3 rings (SSSR count). The number of thiophene rings is 1. The van der Waals surface area contributed by atoms with Gasteiger partial charge in [-0.3, -0.25) is 0 Å². The van der Waals surface area contributed by atoms with Gasteiger partial charge >= 0.3 is 0 Å². The molecule has 3 aromatic heterocycles. The van der Waals surface area contributed by atoms with Crippen molar-refractivity contribution < 1.29 is 0 Å². The molecule has 3 heterocycles. The van der Waals surface area contributed by atoms with Gasteiger partial charge < -0.3 is 9.88 Å². The normalized spacial score (nSPS) is 11.0. The van der Waals surface area contributed by atoms with E-state index in [0.29, 0.717) is 0 Å². The molecular formula is C13H14N4S. The number of aromatic amines is 1. The Morgan fingerprint density at radius 1 is 1.33 bits per heavy atom. The second kappa shape index (κ2) is 4.42. The third-order valence-corrected chi connectivity index (χ3v) is 4.05. The van der Waals surface area contributed by atoms with Gasteiger partial charge in [0.25, 0.3) is 0 Å². The van der Waals surface area contributed by atoms with Crippen molar-refractivity contribution in [2.24, 2.45) is 0 Å². The Hall–Kier alpha value is -1.88. The lowest BCUT2D eigenvalue weighted by Gasteiger charge is -2.18. The summed E-state index contributed by atoms with van der Waals surface area (Å²) in [5, 5.41) is 3.19. The first-order chi connectivity index (χ1) is 8.75. The lowest BCUT2D eigenvalue weighted by atomic mass is 10.2. The summed E-state index contributed by atoms with van der Waals surface area (Å²) in [4.78, 5) is 15.2. The summed E-state index contributed by atoms with van der Waals surface area (Å²) in [5.41, 5.74) is 2.22. The minimum atomic E-state index is 0.876. The van der Waals surface area contributed by atoms with E-state index in [9.17, 15) is 0 Å². The van der Waals surface area contributed by atoms with Crippen molar-refractivity contribution in [3.63, 3.8) is 0 Å². The Morgan fingerprint density at radius 2 is 2.22 bits per heavy atom. The molecule has 0 aliphatic rings. The highest BCUT2D eigenvalue weighted by molar-refractivity contribution is 7.10. The zero-order valence-corrected chi connectivity index (χ0v) is 11.2. The van der Waals surface area contributed by atoms with E-state index in [1.165, 1.54) is 10.4 Å². The van der Waals surface area contributed by atoms with Crippen molar-refractivity contribution in [3.8, 4) is 0 Å². The monoisotopic (exact) mass is 258 g/mol. The summed E-state index contributed by atoms with van der Waals surface area (Å²) in [5.74, 6) is 0.967. The molecular weight excluding hydrogens is 244 g/mol. The van der Waals surface area contributed by atoms with Crippen LogP contribution < -0.4 is 4.90 Å². The highest BCUT2D eigenvalue weighted by Gasteiger charge is 2.11. The fourth-order valence-corrected chi connectivity index (χ4v) is 2.98. The van der Waals surface area contributed by atoms with Crippen LogP contribution in [0.15, 0.2) is 30.0 Å². The molecule has 0 fully saturated rings. The van der Waals surface area contributed by atoms with Gasteiger partial charge in [0.2, 0.25) is 0 Å². The molecule has 3 aromatic rings. The molecule has 0 aliphatic heterocycles. The van der Waals surface area contributed by atoms with Crippen molar-refractivity contribution in [1.29, 1.82) is 0 Å². The van der Waals surface area contributed by atoms with Gasteiger partial charge in [0.15, 0.2) is 0 Å². The summed E-state index contributed by atoms with van der Waals surface area (Å²) >= 11 is 1.79. The van der Waals surface area contributed by atoms with Crippen LogP contribution in [0.4, 0.5) is 5.82 Å². The van der Waals surface area contributed by atoms with Gasteiger partial charge in [-0.25, -0.2) is 9.97 Å². The number of rotatable bonds is 3. The number of H-pyrrole nitrogens is 1. The van der Waals surface area contributed by atoms with Gasteiger partial charge in [0.1, 0.15) is 17.8 Å². The molecule has 4 nitrogen and oxygen atoms in total. The van der Waals surface area contributed by atoms with E-state index < -0.39 is 0 Å². The molecule has 0 aromatic carbocycles. The van der Waals surface area contributed by atoms with Crippen LogP contribution >= 0.6 is 11.3 Å². The molecule has 0 saturated heterocycles. The SMILES string of the molecule is Cc1ccsc1CN(C)c1ncnc2[nH]ccc12. The predicted octanol–water partition coefficient (Wildman–Crippen LogP) is 2.96. The molecule has 0 bridgehead atoms. The predicted molar refractivity (Wildman–Crippen MR) is 75.1 cm³/mol. The number of hydrogen-bond donors (Lipinski definition) is 1. The summed E-state index contributed by atoms with van der Waals surface area (Å²) < 4.78 is 0. The number of aryl methyl sites for hydroxylation is 1. The Kier molecular flexibility index (Phi) is 2.76. The number of anilines is 1. The van der Waals surface area contributed by atoms with Crippen LogP contribution in [0.25, 0.3) is 11.0 Å². The largest absolute Gasteiger partial charge is 0.354 e. The van der Waals surface area contributed by atoms with Crippen molar-refractivity contribution in [2.45, 2.75) is 13.5 Å². The highest BCUT2D eigenvalue weighted by Crippen LogP contribution is 2.24. The molecule has 0 amide bonds. The van der Waals surface area contributed by atoms with Crippen molar-refractivity contribution in [3.05, 3.63) is 40.5 Å². The van der Waals surface area contributed by atoms with Crippen molar-refractivity contribution in [2.75, 3.05) is 11.9 Å². The number of fused-ring (bicyclic) bond motifs is 1. The van der Waals surface area contributed by atoms with E-state index in [1.807, 2.05) is 12.3 Å². The number of aromatic nitrogens is 3. The molecule has 0 saturated carbocycles. The lowest BCUT2D eigenvalue weighted by Crippen LogP contribution is -2.17. The number of hydrogen-bond acceptors (Lipinski definition) is 4. The van der Waals surface area contributed by atoms with Gasteiger partial charge in [-0.1, -0.05) is 0 Å². The minimum Gasteiger partial charge on any atom is -0.354 e. The minimum absolute atomic E-state index is 0.876. The summed E-state index contributed by atoms with van der Waals surface area (Å²) in [7, 11) is 2.06. The van der Waals surface area contributed by atoms with Crippen LogP contribution in [0.3, 0.4) is 0 Å². The maximum atomic E-state index is 4.39. The smallest absolute Gasteiger partial charge is 0.142 e. The first-order valence-corrected chi connectivity index (χ1v) is 6.66. The van der Waals surface area contributed by atoms with Crippen molar-refractivity contribution >= 4 is 28.2 Å². The average Bonchev–Trinajstić information content (AvgIpc) is 2.98. The van der Waals surface area contributed by atoms with E-state index in [4.69, 9.17) is 0 Å². The molecule has 92 valence electrons. The van der Waals surface area contributed by atoms with Gasteiger partial charge in [-0.15, -0.1) is 11.3 Å². The molecule has 0 unspecified atom stereocenters. The van der Waals surface area contributed by atoms with Crippen LogP contribution in [0.2, 0.25) is 0 Å². The molecule has 0 atom stereocenters. The molecule has 1 N–H and O–H groups in total. The Balaban J connectivity index is 1.95. The standard InChI is InChI=1S/C13H14N4S/c1-9-4-6-18-11(9)7-17(2)13-10-3-5-14-12(10)15-8-16-13/h3-6,8H,7H2,1-2H3,(H,14,15,16). The number of nitrogens with one attached hydrogen (secondary N) is 1. The molecule has 0 aliphatic carbocycles. The van der Waals surface area contributed by atoms with Gasteiger partial charge in [0.05, 0.1) is 11.9 Å². The van der Waals surface area contributed by atoms with Crippen LogP contribution in [0.1, 0.15) is 10.4 Å². The van der Waals surface area contributed by atoms with Crippen LogP contribution in [0.5, 0.6) is 0 Å². The van der Waals surface area contributed by atoms with E-state index in [2.05, 4.69) is 45.3 Å². The van der Waals surface area contributed by atoms with Gasteiger partial charge in [-0.2, -0.15) is 0 Å². The second-order valence-electron chi connectivity index (χ2n) is 4.32. The fourth-order valence-electron chi connectivity index (χ4n) is 2.02. The van der Waals surface area contributed by atoms with E-state index >= 15 is 0 Å². The topological polar surface area (TPSA) is 44.8 Å². The quantitative estimate of drug-likeness (QED) is 0.785. The number of nitrogens with zero attached hydrogens (tertiary/aromatic N) is 3. The third-order valence-electron chi connectivity index (χ3n) is 3.04. The molecule has 18 heavy (non-hydrogen) atoms. The van der Waals surface area contributed by atoms with Crippen LogP contribution in [0, 0.1) is 6.92 Å². The first kappa shape index (κ1) is 11.2. The van der Waals surface area contributed by atoms with Crippen molar-refractivity contribution in [1.82, 2.24) is 15.0 Å². The zero-order valence-electron chi connectivity index (χ0n) is 10.3. The van der Waals surface area contributed by atoms with Crippen LogP contribution in [-0.2, 0) is 6.54 Å².